The monoisotopic (exact) mass is 176 g/mol. The highest BCUT2D eigenvalue weighted by molar-refractivity contribution is 5.04. The summed E-state index contributed by atoms with van der Waals surface area (Å²) in [5.41, 5.74) is 0. The Balaban J connectivity index is 2.71. The van der Waals surface area contributed by atoms with Crippen molar-refractivity contribution in [2.45, 2.75) is 39.7 Å². The molecule has 13 heavy (non-hydrogen) atoms. The molecule has 0 unspecified atom stereocenters. The highest BCUT2D eigenvalue weighted by atomic mass is 15.1. The highest BCUT2D eigenvalue weighted by Crippen LogP contribution is 2.10. The van der Waals surface area contributed by atoms with E-state index in [1.807, 2.05) is 12.4 Å². The molecule has 1 aromatic rings. The van der Waals surface area contributed by atoms with Crippen molar-refractivity contribution in [1.82, 2.24) is 9.55 Å². The Bertz CT molecular complexity index is 312. The minimum atomic E-state index is 0.471. The van der Waals surface area contributed by atoms with Crippen LogP contribution in [0.1, 0.15) is 38.9 Å². The van der Waals surface area contributed by atoms with Crippen molar-refractivity contribution in [1.29, 1.82) is 0 Å². The molecule has 2 nitrogen and oxygen atoms in total. The summed E-state index contributed by atoms with van der Waals surface area (Å²) in [6.07, 6.45) is 4.74. The van der Waals surface area contributed by atoms with Gasteiger partial charge in [-0.3, -0.25) is 0 Å². The van der Waals surface area contributed by atoms with E-state index in [9.17, 15) is 0 Å². The third-order valence-corrected chi connectivity index (χ3v) is 1.82. The van der Waals surface area contributed by atoms with Gasteiger partial charge in [-0.05, 0) is 0 Å². The van der Waals surface area contributed by atoms with Gasteiger partial charge in [-0.25, -0.2) is 4.98 Å². The first-order chi connectivity index (χ1) is 6.25. The zero-order valence-corrected chi connectivity index (χ0v) is 8.54. The fourth-order valence-electron chi connectivity index (χ4n) is 1.22. The fourth-order valence-corrected chi connectivity index (χ4v) is 1.22. The summed E-state index contributed by atoms with van der Waals surface area (Å²) in [6.45, 7) is 7.11. The van der Waals surface area contributed by atoms with E-state index in [2.05, 4.69) is 42.2 Å². The van der Waals surface area contributed by atoms with Gasteiger partial charge in [0, 0.05) is 24.7 Å². The van der Waals surface area contributed by atoms with E-state index < -0.39 is 0 Å². The lowest BCUT2D eigenvalue weighted by atomic mass is 10.2. The number of rotatable bonds is 2. The van der Waals surface area contributed by atoms with Crippen molar-refractivity contribution in [3.63, 3.8) is 0 Å². The smallest absolute Gasteiger partial charge is 0.112 e. The number of nitrogens with zero attached hydrogens (tertiary/aromatic N) is 2. The van der Waals surface area contributed by atoms with Crippen LogP contribution in [0.3, 0.4) is 0 Å². The van der Waals surface area contributed by atoms with Gasteiger partial charge in [0.1, 0.15) is 5.82 Å². The molecule has 0 aromatic carbocycles. The largest absolute Gasteiger partial charge is 0.323 e. The molecular formula is C11H16N2. The second-order valence-electron chi connectivity index (χ2n) is 3.28. The molecule has 2 heteroatoms. The van der Waals surface area contributed by atoms with Gasteiger partial charge in [0.25, 0.3) is 0 Å². The summed E-state index contributed by atoms with van der Waals surface area (Å²) >= 11 is 0. The zero-order chi connectivity index (χ0) is 9.68. The lowest BCUT2D eigenvalue weighted by Crippen LogP contribution is -2.03. The quantitative estimate of drug-likeness (QED) is 0.633. The maximum atomic E-state index is 4.29. The van der Waals surface area contributed by atoms with Crippen LogP contribution in [0.4, 0.5) is 0 Å². The average Bonchev–Trinajstić information content (AvgIpc) is 2.53. The number of imidazole rings is 1. The minimum absolute atomic E-state index is 0.471. The summed E-state index contributed by atoms with van der Waals surface area (Å²) in [5.74, 6) is 7.75. The van der Waals surface area contributed by atoms with E-state index in [-0.39, 0.29) is 0 Å². The summed E-state index contributed by atoms with van der Waals surface area (Å²) in [6, 6.07) is 0. The third-order valence-electron chi connectivity index (χ3n) is 1.82. The van der Waals surface area contributed by atoms with E-state index in [1.54, 1.807) is 0 Å². The molecule has 0 bridgehead atoms. The predicted molar refractivity (Wildman–Crippen MR) is 54.4 cm³/mol. The number of hydrogen-bond acceptors (Lipinski definition) is 1. The Morgan fingerprint density at radius 2 is 2.23 bits per heavy atom. The van der Waals surface area contributed by atoms with Crippen LogP contribution >= 0.6 is 0 Å². The first-order valence-electron chi connectivity index (χ1n) is 4.72. The Hall–Kier alpha value is -1.23. The molecule has 0 aliphatic heterocycles. The minimum Gasteiger partial charge on any atom is -0.323 e. The molecule has 0 N–H and O–H groups in total. The molecule has 0 atom stereocenters. The van der Waals surface area contributed by atoms with Crippen LogP contribution < -0.4 is 0 Å². The van der Waals surface area contributed by atoms with Gasteiger partial charge in [-0.1, -0.05) is 26.7 Å². The average molecular weight is 176 g/mol. The molecule has 0 saturated heterocycles. The number of hydrogen-bond donors (Lipinski definition) is 0. The number of aromatic nitrogens is 2. The fraction of sp³-hybridized carbons (Fsp3) is 0.545. The Labute approximate surface area is 80.0 Å². The van der Waals surface area contributed by atoms with Crippen molar-refractivity contribution in [2.24, 2.45) is 0 Å². The Kier molecular flexibility index (Phi) is 3.57. The SMILES string of the molecule is CCC#CCn1ccnc1C(C)C. The van der Waals surface area contributed by atoms with Crippen LogP contribution in [-0.2, 0) is 6.54 Å². The molecule has 0 amide bonds. The maximum Gasteiger partial charge on any atom is 0.112 e. The van der Waals surface area contributed by atoms with Crippen LogP contribution in [0.5, 0.6) is 0 Å². The lowest BCUT2D eigenvalue weighted by Gasteiger charge is -2.06. The van der Waals surface area contributed by atoms with Gasteiger partial charge >= 0.3 is 0 Å². The van der Waals surface area contributed by atoms with Crippen molar-refractivity contribution >= 4 is 0 Å². The molecule has 1 aromatic heterocycles. The first-order valence-corrected chi connectivity index (χ1v) is 4.72. The second kappa shape index (κ2) is 4.71. The normalized spacial score (nSPS) is 9.85. The van der Waals surface area contributed by atoms with E-state index in [0.29, 0.717) is 5.92 Å². The van der Waals surface area contributed by atoms with Gasteiger partial charge in [0.15, 0.2) is 0 Å². The van der Waals surface area contributed by atoms with Crippen molar-refractivity contribution < 1.29 is 0 Å². The van der Waals surface area contributed by atoms with Crippen molar-refractivity contribution in [3.8, 4) is 11.8 Å². The third kappa shape index (κ3) is 2.62. The van der Waals surface area contributed by atoms with Crippen molar-refractivity contribution in [2.75, 3.05) is 0 Å². The lowest BCUT2D eigenvalue weighted by molar-refractivity contribution is 0.685. The molecule has 0 saturated carbocycles. The Morgan fingerprint density at radius 3 is 2.85 bits per heavy atom. The molecule has 0 spiro atoms. The van der Waals surface area contributed by atoms with Crippen LogP contribution in [0.25, 0.3) is 0 Å². The zero-order valence-electron chi connectivity index (χ0n) is 8.54. The summed E-state index contributed by atoms with van der Waals surface area (Å²) in [7, 11) is 0. The van der Waals surface area contributed by atoms with Crippen LogP contribution in [0.15, 0.2) is 12.4 Å². The second-order valence-corrected chi connectivity index (χ2v) is 3.28. The van der Waals surface area contributed by atoms with Gasteiger partial charge < -0.3 is 4.57 Å². The van der Waals surface area contributed by atoms with E-state index in [1.165, 1.54) is 0 Å². The molecule has 0 aliphatic rings. The molecule has 1 rings (SSSR count). The molecule has 0 radical (unpaired) electrons. The molecule has 0 fully saturated rings. The van der Waals surface area contributed by atoms with Crippen LogP contribution in [0, 0.1) is 11.8 Å². The van der Waals surface area contributed by atoms with Crippen LogP contribution in [0.2, 0.25) is 0 Å². The molecule has 1 heterocycles. The molecule has 70 valence electrons. The highest BCUT2D eigenvalue weighted by Gasteiger charge is 2.04. The first kappa shape index (κ1) is 9.85. The van der Waals surface area contributed by atoms with Gasteiger partial charge in [-0.2, -0.15) is 0 Å². The summed E-state index contributed by atoms with van der Waals surface area (Å²) < 4.78 is 2.10. The standard InChI is InChI=1S/C11H16N2/c1-4-5-6-8-13-9-7-12-11(13)10(2)3/h7,9-10H,4,8H2,1-3H3. The molecular weight excluding hydrogens is 160 g/mol. The van der Waals surface area contributed by atoms with E-state index >= 15 is 0 Å². The van der Waals surface area contributed by atoms with Gasteiger partial charge in [-0.15, -0.1) is 5.92 Å². The molecule has 0 aliphatic carbocycles. The summed E-state index contributed by atoms with van der Waals surface area (Å²) in [4.78, 5) is 4.29. The van der Waals surface area contributed by atoms with E-state index in [4.69, 9.17) is 0 Å². The summed E-state index contributed by atoms with van der Waals surface area (Å²) in [5, 5.41) is 0. The topological polar surface area (TPSA) is 17.8 Å². The van der Waals surface area contributed by atoms with Crippen molar-refractivity contribution in [3.05, 3.63) is 18.2 Å². The van der Waals surface area contributed by atoms with Crippen LogP contribution in [-0.4, -0.2) is 9.55 Å². The van der Waals surface area contributed by atoms with Gasteiger partial charge in [0.05, 0.1) is 6.54 Å². The van der Waals surface area contributed by atoms with Gasteiger partial charge in [0.2, 0.25) is 0 Å². The predicted octanol–water partition coefficient (Wildman–Crippen LogP) is 2.42. The maximum absolute atomic E-state index is 4.29. The van der Waals surface area contributed by atoms with E-state index in [0.717, 1.165) is 18.8 Å². The Morgan fingerprint density at radius 1 is 1.46 bits per heavy atom.